The number of hydrogen-bond acceptors (Lipinski definition) is 5. The van der Waals surface area contributed by atoms with Crippen LogP contribution < -0.4 is 0 Å². The van der Waals surface area contributed by atoms with Gasteiger partial charge in [0.1, 0.15) is 0 Å². The molecular formula is C22H31N7. The van der Waals surface area contributed by atoms with E-state index in [1.807, 2.05) is 10.6 Å². The van der Waals surface area contributed by atoms with Crippen molar-refractivity contribution in [3.8, 4) is 0 Å². The fraction of sp³-hybridized carbons (Fsp3) is 0.636. The maximum Gasteiger partial charge on any atom is 0.177 e. The van der Waals surface area contributed by atoms with Crippen molar-refractivity contribution < 1.29 is 0 Å². The third kappa shape index (κ3) is 3.68. The van der Waals surface area contributed by atoms with Gasteiger partial charge in [-0.15, -0.1) is 10.2 Å². The third-order valence-corrected chi connectivity index (χ3v) is 6.36. The van der Waals surface area contributed by atoms with E-state index in [1.54, 1.807) is 0 Å². The highest BCUT2D eigenvalue weighted by Crippen LogP contribution is 2.29. The maximum absolute atomic E-state index is 4.87. The molecule has 2 aliphatic heterocycles. The van der Waals surface area contributed by atoms with Crippen LogP contribution in [-0.2, 0) is 24.9 Å². The molecule has 154 valence electrons. The van der Waals surface area contributed by atoms with E-state index >= 15 is 0 Å². The van der Waals surface area contributed by atoms with Crippen LogP contribution in [-0.4, -0.2) is 47.6 Å². The van der Waals surface area contributed by atoms with Crippen molar-refractivity contribution in [2.45, 2.75) is 77.3 Å². The fourth-order valence-electron chi connectivity index (χ4n) is 4.59. The Morgan fingerprint density at radius 3 is 2.59 bits per heavy atom. The molecule has 5 rings (SSSR count). The van der Waals surface area contributed by atoms with Crippen molar-refractivity contribution in [1.82, 2.24) is 34.5 Å². The van der Waals surface area contributed by atoms with Gasteiger partial charge in [0.05, 0.1) is 11.4 Å². The first-order valence-corrected chi connectivity index (χ1v) is 11.0. The van der Waals surface area contributed by atoms with Crippen LogP contribution in [0.2, 0.25) is 0 Å². The fourth-order valence-corrected chi connectivity index (χ4v) is 4.59. The number of rotatable bonds is 3. The molecule has 0 amide bonds. The van der Waals surface area contributed by atoms with Crippen molar-refractivity contribution in [3.63, 3.8) is 0 Å². The summed E-state index contributed by atoms with van der Waals surface area (Å²) in [6, 6.07) is 6.43. The summed E-state index contributed by atoms with van der Waals surface area (Å²) in [7, 11) is 0. The van der Waals surface area contributed by atoms with E-state index in [4.69, 9.17) is 10.2 Å². The van der Waals surface area contributed by atoms with E-state index in [1.165, 1.54) is 30.7 Å². The monoisotopic (exact) mass is 393 g/mol. The summed E-state index contributed by atoms with van der Waals surface area (Å²) in [6.45, 7) is 10.8. The molecular weight excluding hydrogens is 362 g/mol. The minimum atomic E-state index is 0.0167. The van der Waals surface area contributed by atoms with Crippen LogP contribution in [0.15, 0.2) is 18.2 Å². The second-order valence-electron chi connectivity index (χ2n) is 9.65. The molecule has 0 bridgehead atoms. The Labute approximate surface area is 172 Å². The number of nitrogens with zero attached hydrogens (tertiary/aromatic N) is 7. The average molecular weight is 394 g/mol. The van der Waals surface area contributed by atoms with Gasteiger partial charge in [0.25, 0.3) is 0 Å². The van der Waals surface area contributed by atoms with Crippen LogP contribution in [0, 0.1) is 0 Å². The Kier molecular flexibility index (Phi) is 4.65. The Balaban J connectivity index is 1.27. The lowest BCUT2D eigenvalue weighted by molar-refractivity contribution is 0.198. The molecule has 0 atom stereocenters. The molecule has 7 heteroatoms. The summed E-state index contributed by atoms with van der Waals surface area (Å²) in [5.41, 5.74) is 4.58. The molecule has 0 saturated carbocycles. The Hall–Kier alpha value is -2.28. The maximum atomic E-state index is 4.87. The topological polar surface area (TPSA) is 64.1 Å². The number of hydrogen-bond donors (Lipinski definition) is 0. The lowest BCUT2D eigenvalue weighted by Crippen LogP contribution is -2.33. The van der Waals surface area contributed by atoms with Crippen molar-refractivity contribution in [3.05, 3.63) is 41.1 Å². The summed E-state index contributed by atoms with van der Waals surface area (Å²) in [5.74, 6) is 1.43. The molecule has 0 aromatic carbocycles. The summed E-state index contributed by atoms with van der Waals surface area (Å²) >= 11 is 0. The van der Waals surface area contributed by atoms with Crippen LogP contribution in [0.3, 0.4) is 0 Å². The second-order valence-corrected chi connectivity index (χ2v) is 9.65. The third-order valence-electron chi connectivity index (χ3n) is 6.36. The zero-order valence-corrected chi connectivity index (χ0v) is 17.8. The van der Waals surface area contributed by atoms with Crippen LogP contribution in [0.5, 0.6) is 0 Å². The van der Waals surface area contributed by atoms with E-state index < -0.39 is 0 Å². The first-order chi connectivity index (χ1) is 14.0. The van der Waals surface area contributed by atoms with Gasteiger partial charge in [0, 0.05) is 30.1 Å². The largest absolute Gasteiger partial charge is 0.297 e. The van der Waals surface area contributed by atoms with Crippen LogP contribution in [0.1, 0.15) is 75.3 Å². The minimum absolute atomic E-state index is 0.0167. The van der Waals surface area contributed by atoms with Gasteiger partial charge in [0.15, 0.2) is 11.5 Å². The Bertz CT molecular complexity index is 979. The molecule has 5 heterocycles. The van der Waals surface area contributed by atoms with Crippen molar-refractivity contribution in [2.75, 3.05) is 13.1 Å². The molecule has 0 spiro atoms. The molecule has 0 aliphatic carbocycles. The lowest BCUT2D eigenvalue weighted by Gasteiger charge is -2.30. The molecule has 0 radical (unpaired) electrons. The molecule has 3 aromatic heterocycles. The number of likely N-dealkylation sites (tertiary alicyclic amines) is 1. The highest BCUT2D eigenvalue weighted by atomic mass is 15.4. The van der Waals surface area contributed by atoms with Crippen molar-refractivity contribution >= 4 is 5.65 Å². The number of piperidine rings is 1. The van der Waals surface area contributed by atoms with Gasteiger partial charge in [-0.1, -0.05) is 20.8 Å². The highest BCUT2D eigenvalue weighted by molar-refractivity contribution is 5.37. The van der Waals surface area contributed by atoms with Crippen molar-refractivity contribution in [1.29, 1.82) is 0 Å². The molecule has 29 heavy (non-hydrogen) atoms. The van der Waals surface area contributed by atoms with E-state index in [-0.39, 0.29) is 5.41 Å². The van der Waals surface area contributed by atoms with Gasteiger partial charge in [-0.25, -0.2) is 0 Å². The Morgan fingerprint density at radius 2 is 1.83 bits per heavy atom. The number of aromatic nitrogens is 6. The van der Waals surface area contributed by atoms with Gasteiger partial charge >= 0.3 is 0 Å². The molecule has 7 nitrogen and oxygen atoms in total. The zero-order chi connectivity index (χ0) is 20.0. The van der Waals surface area contributed by atoms with Crippen LogP contribution >= 0.6 is 0 Å². The number of aryl methyl sites for hydroxylation is 2. The molecule has 0 N–H and O–H groups in total. The summed E-state index contributed by atoms with van der Waals surface area (Å²) in [6.07, 6.45) is 5.93. The summed E-state index contributed by atoms with van der Waals surface area (Å²) in [4.78, 5) is 2.53. The predicted molar refractivity (Wildman–Crippen MR) is 112 cm³/mol. The van der Waals surface area contributed by atoms with Crippen LogP contribution in [0.4, 0.5) is 0 Å². The molecule has 1 fully saturated rings. The normalized spacial score (nSPS) is 19.0. The van der Waals surface area contributed by atoms with E-state index in [0.29, 0.717) is 5.92 Å². The molecule has 1 saturated heterocycles. The standard InChI is InChI=1S/C22H31N7/c1-22(2,3)19-7-8-20-23-24-21(29(20)26-19)16-9-12-27(13-10-16)15-17-14-18-6-4-5-11-28(18)25-17/h7-8,14,16H,4-6,9-13,15H2,1-3H3. The van der Waals surface area contributed by atoms with E-state index in [9.17, 15) is 0 Å². The molecule has 3 aromatic rings. The lowest BCUT2D eigenvalue weighted by atomic mass is 9.92. The Morgan fingerprint density at radius 1 is 1.00 bits per heavy atom. The summed E-state index contributed by atoms with van der Waals surface area (Å²) in [5, 5.41) is 18.6. The first kappa shape index (κ1) is 18.7. The number of fused-ring (bicyclic) bond motifs is 2. The predicted octanol–water partition coefficient (Wildman–Crippen LogP) is 3.33. The van der Waals surface area contributed by atoms with E-state index in [2.05, 4.69) is 52.7 Å². The quantitative estimate of drug-likeness (QED) is 0.683. The first-order valence-electron chi connectivity index (χ1n) is 11.0. The smallest absolute Gasteiger partial charge is 0.177 e. The van der Waals surface area contributed by atoms with Crippen LogP contribution in [0.25, 0.3) is 5.65 Å². The molecule has 2 aliphatic rings. The zero-order valence-electron chi connectivity index (χ0n) is 17.8. The minimum Gasteiger partial charge on any atom is -0.297 e. The highest BCUT2D eigenvalue weighted by Gasteiger charge is 2.27. The SMILES string of the molecule is CC(C)(C)c1ccc2nnc(C3CCN(Cc4cc5n(n4)CCCC5)CC3)n2n1. The second kappa shape index (κ2) is 7.20. The van der Waals surface area contributed by atoms with E-state index in [0.717, 1.165) is 56.2 Å². The summed E-state index contributed by atoms with van der Waals surface area (Å²) < 4.78 is 4.19. The van der Waals surface area contributed by atoms with Gasteiger partial charge < -0.3 is 0 Å². The molecule has 0 unspecified atom stereocenters. The van der Waals surface area contributed by atoms with Gasteiger partial charge in [0.2, 0.25) is 0 Å². The van der Waals surface area contributed by atoms with Gasteiger partial charge in [-0.3, -0.25) is 9.58 Å². The van der Waals surface area contributed by atoms with Crippen molar-refractivity contribution in [2.24, 2.45) is 0 Å². The van der Waals surface area contributed by atoms with Gasteiger partial charge in [-0.2, -0.15) is 14.7 Å². The average Bonchev–Trinajstić information content (AvgIpc) is 3.31. The van der Waals surface area contributed by atoms with Gasteiger partial charge in [-0.05, 0) is 63.4 Å².